The lowest BCUT2D eigenvalue weighted by Gasteiger charge is -2.11. The van der Waals surface area contributed by atoms with Crippen molar-refractivity contribution >= 4 is 22.8 Å². The van der Waals surface area contributed by atoms with Crippen molar-refractivity contribution in [1.82, 2.24) is 10.3 Å². The quantitative estimate of drug-likeness (QED) is 0.657. The van der Waals surface area contributed by atoms with Crippen LogP contribution in [0.4, 0.5) is 0 Å². The van der Waals surface area contributed by atoms with Gasteiger partial charge in [0.1, 0.15) is 0 Å². The smallest absolute Gasteiger partial charge is 0.339 e. The van der Waals surface area contributed by atoms with Crippen LogP contribution in [0, 0.1) is 12.8 Å². The summed E-state index contributed by atoms with van der Waals surface area (Å²) in [5.41, 5.74) is 3.86. The predicted molar refractivity (Wildman–Crippen MR) is 110 cm³/mol. The third kappa shape index (κ3) is 4.74. The van der Waals surface area contributed by atoms with Crippen molar-refractivity contribution in [2.45, 2.75) is 20.8 Å². The second kappa shape index (κ2) is 8.65. The topological polar surface area (TPSA) is 68.3 Å². The van der Waals surface area contributed by atoms with E-state index < -0.39 is 5.97 Å². The highest BCUT2D eigenvalue weighted by molar-refractivity contribution is 6.05. The molecule has 5 nitrogen and oxygen atoms in total. The molecular weight excluding hydrogens is 352 g/mol. The number of carbonyl (C=O) groups is 2. The van der Waals surface area contributed by atoms with E-state index in [0.717, 1.165) is 11.1 Å². The number of carbonyl (C=O) groups excluding carboxylic acids is 2. The Morgan fingerprint density at radius 2 is 1.79 bits per heavy atom. The number of aromatic nitrogens is 1. The number of para-hydroxylation sites is 1. The largest absolute Gasteiger partial charge is 0.452 e. The van der Waals surface area contributed by atoms with Crippen molar-refractivity contribution in [3.8, 4) is 11.3 Å². The van der Waals surface area contributed by atoms with E-state index in [1.165, 1.54) is 0 Å². The van der Waals surface area contributed by atoms with Gasteiger partial charge in [-0.3, -0.25) is 4.79 Å². The third-order valence-electron chi connectivity index (χ3n) is 4.33. The molecule has 0 aliphatic rings. The number of nitrogens with one attached hydrogen (secondary N) is 1. The zero-order chi connectivity index (χ0) is 20.1. The monoisotopic (exact) mass is 376 g/mol. The Kier molecular flexibility index (Phi) is 6.04. The molecule has 0 aliphatic heterocycles. The average molecular weight is 376 g/mol. The molecule has 0 unspecified atom stereocenters. The molecule has 0 bridgehead atoms. The second-order valence-electron chi connectivity index (χ2n) is 7.21. The van der Waals surface area contributed by atoms with E-state index in [0.29, 0.717) is 34.6 Å². The molecule has 0 aliphatic carbocycles. The van der Waals surface area contributed by atoms with E-state index in [-0.39, 0.29) is 12.5 Å². The van der Waals surface area contributed by atoms with Gasteiger partial charge in [0.15, 0.2) is 6.61 Å². The van der Waals surface area contributed by atoms with Crippen molar-refractivity contribution in [3.63, 3.8) is 0 Å². The Balaban J connectivity index is 1.87. The lowest BCUT2D eigenvalue weighted by Crippen LogP contribution is -2.31. The van der Waals surface area contributed by atoms with Gasteiger partial charge in [0.2, 0.25) is 0 Å². The van der Waals surface area contributed by atoms with Crippen molar-refractivity contribution in [2.24, 2.45) is 5.92 Å². The highest BCUT2D eigenvalue weighted by Gasteiger charge is 2.16. The minimum atomic E-state index is -0.536. The molecule has 1 N–H and O–H groups in total. The highest BCUT2D eigenvalue weighted by atomic mass is 16.5. The van der Waals surface area contributed by atoms with Gasteiger partial charge in [0.25, 0.3) is 5.91 Å². The van der Waals surface area contributed by atoms with E-state index in [2.05, 4.69) is 10.3 Å². The fourth-order valence-corrected chi connectivity index (χ4v) is 2.79. The molecule has 2 aromatic carbocycles. The van der Waals surface area contributed by atoms with Gasteiger partial charge in [-0.15, -0.1) is 0 Å². The number of ether oxygens (including phenoxy) is 1. The predicted octanol–water partition coefficient (Wildman–Crippen LogP) is 4.14. The first-order chi connectivity index (χ1) is 13.4. The molecule has 5 heteroatoms. The van der Waals surface area contributed by atoms with Crippen molar-refractivity contribution in [1.29, 1.82) is 0 Å². The summed E-state index contributed by atoms with van der Waals surface area (Å²) in [7, 11) is 0. The van der Waals surface area contributed by atoms with Crippen molar-refractivity contribution in [3.05, 3.63) is 65.7 Å². The van der Waals surface area contributed by atoms with Crippen LogP contribution >= 0.6 is 0 Å². The molecular formula is C23H24N2O3. The lowest BCUT2D eigenvalue weighted by atomic mass is 10.0. The molecule has 28 heavy (non-hydrogen) atoms. The zero-order valence-corrected chi connectivity index (χ0v) is 16.4. The summed E-state index contributed by atoms with van der Waals surface area (Å²) in [4.78, 5) is 29.3. The Morgan fingerprint density at radius 1 is 1.07 bits per heavy atom. The molecule has 0 fully saturated rings. The van der Waals surface area contributed by atoms with E-state index in [4.69, 9.17) is 4.74 Å². The van der Waals surface area contributed by atoms with E-state index in [1.54, 1.807) is 6.07 Å². The SMILES string of the molecule is Cc1ccc(-c2cc(C(=O)OCC(=O)NCC(C)C)c3ccccc3n2)cc1. The Morgan fingerprint density at radius 3 is 2.50 bits per heavy atom. The first kappa shape index (κ1) is 19.5. The van der Waals surface area contributed by atoms with Crippen LogP contribution in [0.2, 0.25) is 0 Å². The van der Waals surface area contributed by atoms with Crippen LogP contribution in [0.3, 0.4) is 0 Å². The van der Waals surface area contributed by atoms with Gasteiger partial charge < -0.3 is 10.1 Å². The molecule has 3 rings (SSSR count). The van der Waals surface area contributed by atoms with Gasteiger partial charge in [0.05, 0.1) is 16.8 Å². The molecule has 0 spiro atoms. The van der Waals surface area contributed by atoms with E-state index in [9.17, 15) is 9.59 Å². The van der Waals surface area contributed by atoms with Gasteiger partial charge in [0, 0.05) is 17.5 Å². The summed E-state index contributed by atoms with van der Waals surface area (Å²) in [6.45, 7) is 6.27. The van der Waals surface area contributed by atoms with Crippen LogP contribution in [0.5, 0.6) is 0 Å². The normalized spacial score (nSPS) is 10.9. The molecule has 1 amide bonds. The fourth-order valence-electron chi connectivity index (χ4n) is 2.79. The zero-order valence-electron chi connectivity index (χ0n) is 16.4. The molecule has 3 aromatic rings. The summed E-state index contributed by atoms with van der Waals surface area (Å²) in [6, 6.07) is 17.1. The number of benzene rings is 2. The number of hydrogen-bond acceptors (Lipinski definition) is 4. The number of aryl methyl sites for hydroxylation is 1. The fraction of sp³-hybridized carbons (Fsp3) is 0.261. The maximum absolute atomic E-state index is 12.7. The number of nitrogens with zero attached hydrogens (tertiary/aromatic N) is 1. The van der Waals surface area contributed by atoms with Crippen molar-refractivity contribution < 1.29 is 14.3 Å². The second-order valence-corrected chi connectivity index (χ2v) is 7.21. The van der Waals surface area contributed by atoms with Gasteiger partial charge >= 0.3 is 5.97 Å². The molecule has 0 saturated heterocycles. The number of esters is 1. The minimum absolute atomic E-state index is 0.304. The van der Waals surface area contributed by atoms with Crippen LogP contribution in [0.1, 0.15) is 29.8 Å². The Bertz CT molecular complexity index is 994. The molecule has 0 atom stereocenters. The van der Waals surface area contributed by atoms with Crippen LogP contribution in [0.15, 0.2) is 54.6 Å². The highest BCUT2D eigenvalue weighted by Crippen LogP contribution is 2.25. The van der Waals surface area contributed by atoms with Gasteiger partial charge in [-0.2, -0.15) is 0 Å². The molecule has 1 aromatic heterocycles. The summed E-state index contributed by atoms with van der Waals surface area (Å²) in [6.07, 6.45) is 0. The minimum Gasteiger partial charge on any atom is -0.452 e. The van der Waals surface area contributed by atoms with Crippen LogP contribution in [-0.4, -0.2) is 30.0 Å². The molecule has 0 saturated carbocycles. The van der Waals surface area contributed by atoms with E-state index >= 15 is 0 Å². The maximum atomic E-state index is 12.7. The summed E-state index contributed by atoms with van der Waals surface area (Å²) in [5.74, 6) is -0.508. The average Bonchev–Trinajstić information content (AvgIpc) is 2.70. The standard InChI is InChI=1S/C23H24N2O3/c1-15(2)13-24-22(26)14-28-23(27)19-12-21(17-10-8-16(3)9-11-17)25-20-7-5-4-6-18(19)20/h4-12,15H,13-14H2,1-3H3,(H,24,26). The lowest BCUT2D eigenvalue weighted by molar-refractivity contribution is -0.124. The summed E-state index contributed by atoms with van der Waals surface area (Å²) < 4.78 is 5.26. The molecule has 144 valence electrons. The Labute approximate surface area is 164 Å². The molecule has 1 heterocycles. The summed E-state index contributed by atoms with van der Waals surface area (Å²) in [5, 5.41) is 3.44. The first-order valence-corrected chi connectivity index (χ1v) is 9.34. The first-order valence-electron chi connectivity index (χ1n) is 9.34. The number of fused-ring (bicyclic) bond motifs is 1. The van der Waals surface area contributed by atoms with Gasteiger partial charge in [-0.25, -0.2) is 9.78 Å². The van der Waals surface area contributed by atoms with E-state index in [1.807, 2.05) is 69.3 Å². The van der Waals surface area contributed by atoms with Crippen molar-refractivity contribution in [2.75, 3.05) is 13.2 Å². The number of pyridine rings is 1. The van der Waals surface area contributed by atoms with Gasteiger partial charge in [-0.05, 0) is 25.0 Å². The summed E-state index contributed by atoms with van der Waals surface area (Å²) >= 11 is 0. The number of hydrogen-bond donors (Lipinski definition) is 1. The van der Waals surface area contributed by atoms with Crippen LogP contribution in [-0.2, 0) is 9.53 Å². The Hall–Kier alpha value is -3.21. The molecule has 0 radical (unpaired) electrons. The van der Waals surface area contributed by atoms with Crippen LogP contribution in [0.25, 0.3) is 22.2 Å². The maximum Gasteiger partial charge on any atom is 0.339 e. The van der Waals surface area contributed by atoms with Crippen LogP contribution < -0.4 is 5.32 Å². The number of amides is 1. The third-order valence-corrected chi connectivity index (χ3v) is 4.33. The van der Waals surface area contributed by atoms with Gasteiger partial charge in [-0.1, -0.05) is 61.9 Å². The number of rotatable bonds is 6.